The molecule has 1 aliphatic carbocycles. The van der Waals surface area contributed by atoms with Crippen LogP contribution in [0.15, 0.2) is 6.20 Å². The van der Waals surface area contributed by atoms with Crippen LogP contribution < -0.4 is 10.6 Å². The number of aliphatic hydroxyl groups excluding tert-OH is 1. The van der Waals surface area contributed by atoms with Crippen molar-refractivity contribution in [2.24, 2.45) is 11.3 Å². The van der Waals surface area contributed by atoms with Crippen molar-refractivity contribution in [2.45, 2.75) is 52.5 Å². The third-order valence-electron chi connectivity index (χ3n) is 4.03. The van der Waals surface area contributed by atoms with Gasteiger partial charge in [-0.25, -0.2) is 9.78 Å². The number of urea groups is 1. The van der Waals surface area contributed by atoms with E-state index in [1.54, 1.807) is 11.3 Å². The van der Waals surface area contributed by atoms with Crippen molar-refractivity contribution in [3.8, 4) is 0 Å². The maximum Gasteiger partial charge on any atom is 0.315 e. The summed E-state index contributed by atoms with van der Waals surface area (Å²) in [6, 6.07) is -0.0702. The molecule has 1 aliphatic rings. The quantitative estimate of drug-likeness (QED) is 0.643. The van der Waals surface area contributed by atoms with Crippen LogP contribution >= 0.6 is 11.3 Å². The number of nitrogens with one attached hydrogen (secondary N) is 2. The lowest BCUT2D eigenvalue weighted by Gasteiger charge is -2.21. The van der Waals surface area contributed by atoms with E-state index in [-0.39, 0.29) is 24.1 Å². The van der Waals surface area contributed by atoms with Crippen LogP contribution in [-0.2, 0) is 0 Å². The molecule has 0 aliphatic heterocycles. The maximum atomic E-state index is 12.1. The fourth-order valence-electron chi connectivity index (χ4n) is 2.37. The molecule has 0 aromatic carbocycles. The SMILES string of the molecule is Cc1cnc(C(NC(=O)NCCCC(C)(C)CO)C2CC2)s1. The van der Waals surface area contributed by atoms with Gasteiger partial charge in [-0.05, 0) is 43.9 Å². The molecule has 124 valence electrons. The van der Waals surface area contributed by atoms with Gasteiger partial charge in [0.05, 0.1) is 6.04 Å². The van der Waals surface area contributed by atoms with Gasteiger partial charge in [0.1, 0.15) is 5.01 Å². The number of hydrogen-bond donors (Lipinski definition) is 3. The van der Waals surface area contributed by atoms with E-state index in [1.807, 2.05) is 27.0 Å². The van der Waals surface area contributed by atoms with Crippen molar-refractivity contribution >= 4 is 17.4 Å². The molecule has 1 atom stereocenters. The largest absolute Gasteiger partial charge is 0.396 e. The van der Waals surface area contributed by atoms with Crippen LogP contribution in [0.5, 0.6) is 0 Å². The molecule has 1 unspecified atom stereocenters. The molecular formula is C16H27N3O2S. The van der Waals surface area contributed by atoms with Crippen molar-refractivity contribution in [3.05, 3.63) is 16.1 Å². The minimum Gasteiger partial charge on any atom is -0.396 e. The minimum absolute atomic E-state index is 0.0487. The molecule has 1 aromatic heterocycles. The zero-order valence-electron chi connectivity index (χ0n) is 13.7. The maximum absolute atomic E-state index is 12.1. The van der Waals surface area contributed by atoms with Crippen molar-refractivity contribution in [1.29, 1.82) is 0 Å². The van der Waals surface area contributed by atoms with E-state index in [0.29, 0.717) is 12.5 Å². The molecule has 2 rings (SSSR count). The Morgan fingerprint density at radius 1 is 1.55 bits per heavy atom. The van der Waals surface area contributed by atoms with E-state index in [0.717, 1.165) is 30.7 Å². The summed E-state index contributed by atoms with van der Waals surface area (Å²) in [5, 5.41) is 16.2. The van der Waals surface area contributed by atoms with E-state index in [9.17, 15) is 9.90 Å². The number of carbonyl (C=O) groups excluding carboxylic acids is 1. The Labute approximate surface area is 136 Å². The van der Waals surface area contributed by atoms with Crippen molar-refractivity contribution in [2.75, 3.05) is 13.2 Å². The summed E-state index contributed by atoms with van der Waals surface area (Å²) < 4.78 is 0. The van der Waals surface area contributed by atoms with Gasteiger partial charge < -0.3 is 15.7 Å². The smallest absolute Gasteiger partial charge is 0.315 e. The first-order valence-corrected chi connectivity index (χ1v) is 8.80. The highest BCUT2D eigenvalue weighted by atomic mass is 32.1. The van der Waals surface area contributed by atoms with E-state index >= 15 is 0 Å². The molecule has 1 heterocycles. The van der Waals surface area contributed by atoms with Crippen molar-refractivity contribution < 1.29 is 9.90 Å². The number of carbonyl (C=O) groups is 1. The molecule has 22 heavy (non-hydrogen) atoms. The number of aliphatic hydroxyl groups is 1. The first-order valence-electron chi connectivity index (χ1n) is 7.99. The van der Waals surface area contributed by atoms with Gasteiger partial charge in [-0.1, -0.05) is 13.8 Å². The monoisotopic (exact) mass is 325 g/mol. The van der Waals surface area contributed by atoms with Crippen molar-refractivity contribution in [3.63, 3.8) is 0 Å². The summed E-state index contributed by atoms with van der Waals surface area (Å²) in [5.41, 5.74) is -0.0763. The van der Waals surface area contributed by atoms with Crippen LogP contribution in [0.4, 0.5) is 4.79 Å². The van der Waals surface area contributed by atoms with Gasteiger partial charge in [0.15, 0.2) is 0 Å². The number of rotatable bonds is 8. The normalized spacial score (nSPS) is 16.4. The van der Waals surface area contributed by atoms with Gasteiger partial charge in [0, 0.05) is 24.2 Å². The molecule has 0 radical (unpaired) electrons. The van der Waals surface area contributed by atoms with Crippen LogP contribution in [-0.4, -0.2) is 29.3 Å². The first-order chi connectivity index (χ1) is 10.4. The Hall–Kier alpha value is -1.14. The minimum atomic E-state index is -0.119. The molecule has 1 saturated carbocycles. The zero-order chi connectivity index (χ0) is 16.2. The van der Waals surface area contributed by atoms with Gasteiger partial charge in [0.25, 0.3) is 0 Å². The highest BCUT2D eigenvalue weighted by Gasteiger charge is 2.35. The predicted molar refractivity (Wildman–Crippen MR) is 89.0 cm³/mol. The summed E-state index contributed by atoms with van der Waals surface area (Å²) in [6.45, 7) is 6.89. The van der Waals surface area contributed by atoms with Crippen LogP contribution in [0.25, 0.3) is 0 Å². The lowest BCUT2D eigenvalue weighted by molar-refractivity contribution is 0.148. The number of aryl methyl sites for hydroxylation is 1. The Kier molecular flexibility index (Phi) is 5.81. The third-order valence-corrected chi connectivity index (χ3v) is 5.02. The summed E-state index contributed by atoms with van der Waals surface area (Å²) >= 11 is 1.66. The molecule has 0 spiro atoms. The number of amides is 2. The van der Waals surface area contributed by atoms with Crippen LogP contribution in [0.2, 0.25) is 0 Å². The Bertz CT molecular complexity index is 497. The topological polar surface area (TPSA) is 74.2 Å². The lowest BCUT2D eigenvalue weighted by atomic mass is 9.89. The number of hydrogen-bond acceptors (Lipinski definition) is 4. The van der Waals surface area contributed by atoms with E-state index in [2.05, 4.69) is 15.6 Å². The highest BCUT2D eigenvalue weighted by molar-refractivity contribution is 7.11. The van der Waals surface area contributed by atoms with E-state index in [1.165, 1.54) is 4.88 Å². The summed E-state index contributed by atoms with van der Waals surface area (Å²) in [7, 11) is 0. The fraction of sp³-hybridized carbons (Fsp3) is 0.750. The Morgan fingerprint density at radius 3 is 2.82 bits per heavy atom. The van der Waals surface area contributed by atoms with Crippen LogP contribution in [0, 0.1) is 18.3 Å². The molecule has 6 heteroatoms. The molecule has 5 nitrogen and oxygen atoms in total. The van der Waals surface area contributed by atoms with Gasteiger partial charge in [-0.2, -0.15) is 0 Å². The molecule has 0 bridgehead atoms. The summed E-state index contributed by atoms with van der Waals surface area (Å²) in [5.74, 6) is 0.532. The number of nitrogens with zero attached hydrogens (tertiary/aromatic N) is 1. The second-order valence-electron chi connectivity index (χ2n) is 6.95. The van der Waals surface area contributed by atoms with Crippen LogP contribution in [0.1, 0.15) is 55.5 Å². The number of aromatic nitrogens is 1. The van der Waals surface area contributed by atoms with Crippen molar-refractivity contribution in [1.82, 2.24) is 15.6 Å². The Morgan fingerprint density at radius 2 is 2.27 bits per heavy atom. The first kappa shape index (κ1) is 17.2. The van der Waals surface area contributed by atoms with Crippen LogP contribution in [0.3, 0.4) is 0 Å². The van der Waals surface area contributed by atoms with Gasteiger partial charge in [-0.3, -0.25) is 0 Å². The summed E-state index contributed by atoms with van der Waals surface area (Å²) in [4.78, 5) is 17.7. The van der Waals surface area contributed by atoms with Gasteiger partial charge in [0.2, 0.25) is 0 Å². The second-order valence-corrected chi connectivity index (χ2v) is 8.22. The molecule has 1 aromatic rings. The fourth-order valence-corrected chi connectivity index (χ4v) is 3.29. The molecule has 1 fully saturated rings. The summed E-state index contributed by atoms with van der Waals surface area (Å²) in [6.07, 6.45) is 5.95. The molecular weight excluding hydrogens is 298 g/mol. The predicted octanol–water partition coefficient (Wildman–Crippen LogP) is 3.00. The molecule has 3 N–H and O–H groups in total. The third kappa shape index (κ3) is 5.25. The Balaban J connectivity index is 1.75. The zero-order valence-corrected chi connectivity index (χ0v) is 14.5. The second kappa shape index (κ2) is 7.42. The average Bonchev–Trinajstić information content (AvgIpc) is 3.23. The number of thiazole rings is 1. The van der Waals surface area contributed by atoms with Gasteiger partial charge >= 0.3 is 6.03 Å². The molecule has 2 amide bonds. The van der Waals surface area contributed by atoms with Gasteiger partial charge in [-0.15, -0.1) is 11.3 Å². The standard InChI is InChI=1S/C16H27N3O2S/c1-11-9-18-14(22-11)13(12-5-6-12)19-15(21)17-8-4-7-16(2,3)10-20/h9,12-13,20H,4-8,10H2,1-3H3,(H2,17,19,21). The lowest BCUT2D eigenvalue weighted by Crippen LogP contribution is -2.39. The molecule has 0 saturated heterocycles. The highest BCUT2D eigenvalue weighted by Crippen LogP contribution is 2.41. The van der Waals surface area contributed by atoms with E-state index in [4.69, 9.17) is 0 Å². The average molecular weight is 325 g/mol. The van der Waals surface area contributed by atoms with E-state index < -0.39 is 0 Å².